The van der Waals surface area contributed by atoms with Gasteiger partial charge in [0.05, 0.1) is 4.88 Å². The van der Waals surface area contributed by atoms with Gasteiger partial charge in [0.15, 0.2) is 17.4 Å². The Kier molecular flexibility index (Phi) is 4.11. The van der Waals surface area contributed by atoms with Gasteiger partial charge in [-0.05, 0) is 29.0 Å². The second-order valence-corrected chi connectivity index (χ2v) is 5.58. The average Bonchev–Trinajstić information content (AvgIpc) is 3.19. The van der Waals surface area contributed by atoms with Gasteiger partial charge in [-0.3, -0.25) is 9.89 Å². The Labute approximate surface area is 131 Å². The number of thiophene rings is 1. The highest BCUT2D eigenvalue weighted by Gasteiger charge is 2.14. The van der Waals surface area contributed by atoms with E-state index in [9.17, 15) is 9.90 Å². The summed E-state index contributed by atoms with van der Waals surface area (Å²) in [5.41, 5.74) is 2.08. The first-order valence-corrected chi connectivity index (χ1v) is 7.53. The predicted octanol–water partition coefficient (Wildman–Crippen LogP) is 3.24. The van der Waals surface area contributed by atoms with Gasteiger partial charge in [0.1, 0.15) is 6.33 Å². The highest BCUT2D eigenvalue weighted by atomic mass is 32.1. The zero-order valence-corrected chi connectivity index (χ0v) is 12.4. The van der Waals surface area contributed by atoms with E-state index in [-0.39, 0.29) is 17.4 Å². The number of aromatic amines is 1. The fourth-order valence-electron chi connectivity index (χ4n) is 2.09. The summed E-state index contributed by atoms with van der Waals surface area (Å²) in [5.74, 6) is -0.286. The summed E-state index contributed by atoms with van der Waals surface area (Å²) < 4.78 is 0. The van der Waals surface area contributed by atoms with Crippen LogP contribution in [0.2, 0.25) is 0 Å². The molecule has 2 N–H and O–H groups in total. The van der Waals surface area contributed by atoms with Crippen molar-refractivity contribution in [2.75, 3.05) is 0 Å². The molecule has 3 rings (SSSR count). The quantitative estimate of drug-likeness (QED) is 0.431. The molecule has 0 atom stereocenters. The number of carbonyl (C=O) groups excluding carboxylic acids is 1. The van der Waals surface area contributed by atoms with Gasteiger partial charge in [0.2, 0.25) is 0 Å². The van der Waals surface area contributed by atoms with Crippen LogP contribution in [0.15, 0.2) is 54.2 Å². The van der Waals surface area contributed by atoms with Crippen molar-refractivity contribution in [3.63, 3.8) is 0 Å². The SMILES string of the molecule is O=C(C=C(O)c1ncn[nH]1)c1sccc1Cc1ccccc1. The first kappa shape index (κ1) is 14.2. The van der Waals surface area contributed by atoms with Crippen molar-refractivity contribution in [2.24, 2.45) is 0 Å². The minimum atomic E-state index is -0.241. The Morgan fingerprint density at radius 3 is 2.82 bits per heavy atom. The molecule has 6 heteroatoms. The van der Waals surface area contributed by atoms with Crippen molar-refractivity contribution in [1.82, 2.24) is 15.2 Å². The number of H-pyrrole nitrogens is 1. The van der Waals surface area contributed by atoms with Crippen molar-refractivity contribution < 1.29 is 9.90 Å². The maximum Gasteiger partial charge on any atom is 0.199 e. The summed E-state index contributed by atoms with van der Waals surface area (Å²) in [5, 5.41) is 17.9. The lowest BCUT2D eigenvalue weighted by molar-refractivity contribution is 0.104. The predicted molar refractivity (Wildman–Crippen MR) is 84.9 cm³/mol. The first-order valence-electron chi connectivity index (χ1n) is 6.65. The van der Waals surface area contributed by atoms with E-state index in [0.29, 0.717) is 11.3 Å². The second kappa shape index (κ2) is 6.36. The zero-order valence-electron chi connectivity index (χ0n) is 11.6. The highest BCUT2D eigenvalue weighted by molar-refractivity contribution is 7.12. The lowest BCUT2D eigenvalue weighted by Crippen LogP contribution is -1.99. The van der Waals surface area contributed by atoms with Crippen LogP contribution in [0.25, 0.3) is 5.76 Å². The van der Waals surface area contributed by atoms with E-state index in [4.69, 9.17) is 0 Å². The maximum absolute atomic E-state index is 12.3. The van der Waals surface area contributed by atoms with E-state index in [2.05, 4.69) is 15.2 Å². The third kappa shape index (κ3) is 3.12. The Morgan fingerprint density at radius 1 is 1.27 bits per heavy atom. The summed E-state index contributed by atoms with van der Waals surface area (Å²) in [6, 6.07) is 11.9. The molecule has 0 saturated carbocycles. The number of benzene rings is 1. The van der Waals surface area contributed by atoms with Crippen LogP contribution >= 0.6 is 11.3 Å². The number of aliphatic hydroxyl groups excluding tert-OH is 1. The van der Waals surface area contributed by atoms with Crippen molar-refractivity contribution in [3.05, 3.63) is 76.0 Å². The molecule has 0 amide bonds. The van der Waals surface area contributed by atoms with Crippen LogP contribution in [0.1, 0.15) is 26.6 Å². The molecule has 0 aliphatic heterocycles. The molecule has 2 heterocycles. The van der Waals surface area contributed by atoms with Crippen molar-refractivity contribution >= 4 is 22.9 Å². The fourth-order valence-corrected chi connectivity index (χ4v) is 2.93. The lowest BCUT2D eigenvalue weighted by atomic mass is 10.0. The largest absolute Gasteiger partial charge is 0.504 e. The Morgan fingerprint density at radius 2 is 2.09 bits per heavy atom. The van der Waals surface area contributed by atoms with E-state index in [1.807, 2.05) is 41.8 Å². The fraction of sp³-hybridized carbons (Fsp3) is 0.0625. The number of allylic oxidation sites excluding steroid dienone is 1. The van der Waals surface area contributed by atoms with E-state index in [1.165, 1.54) is 23.7 Å². The lowest BCUT2D eigenvalue weighted by Gasteiger charge is -2.02. The van der Waals surface area contributed by atoms with Gasteiger partial charge in [-0.2, -0.15) is 5.10 Å². The molecular weight excluding hydrogens is 298 g/mol. The summed E-state index contributed by atoms with van der Waals surface area (Å²) in [4.78, 5) is 16.8. The molecule has 0 unspecified atom stereocenters. The molecular formula is C16H13N3O2S. The highest BCUT2D eigenvalue weighted by Crippen LogP contribution is 2.22. The zero-order chi connectivity index (χ0) is 15.4. The third-order valence-electron chi connectivity index (χ3n) is 3.13. The molecule has 0 spiro atoms. The number of nitrogens with zero attached hydrogens (tertiary/aromatic N) is 2. The molecule has 0 fully saturated rings. The molecule has 1 aromatic carbocycles. The monoisotopic (exact) mass is 311 g/mol. The van der Waals surface area contributed by atoms with Gasteiger partial charge in [-0.25, -0.2) is 4.98 Å². The Balaban J connectivity index is 1.82. The van der Waals surface area contributed by atoms with Crippen LogP contribution < -0.4 is 0 Å². The summed E-state index contributed by atoms with van der Waals surface area (Å²) in [7, 11) is 0. The van der Waals surface area contributed by atoms with Crippen LogP contribution in [-0.2, 0) is 6.42 Å². The number of aliphatic hydroxyl groups is 1. The number of nitrogens with one attached hydrogen (secondary N) is 1. The van der Waals surface area contributed by atoms with Crippen LogP contribution in [0.3, 0.4) is 0 Å². The van der Waals surface area contributed by atoms with Crippen molar-refractivity contribution in [3.8, 4) is 0 Å². The molecule has 0 aliphatic rings. The molecule has 2 aromatic heterocycles. The molecule has 110 valence electrons. The van der Waals surface area contributed by atoms with Gasteiger partial charge in [-0.1, -0.05) is 30.3 Å². The molecule has 0 radical (unpaired) electrons. The number of carbonyl (C=O) groups is 1. The summed E-state index contributed by atoms with van der Waals surface area (Å²) >= 11 is 1.36. The van der Waals surface area contributed by atoms with Crippen molar-refractivity contribution in [2.45, 2.75) is 6.42 Å². The van der Waals surface area contributed by atoms with E-state index in [0.717, 1.165) is 11.1 Å². The van der Waals surface area contributed by atoms with Gasteiger partial charge in [-0.15, -0.1) is 11.3 Å². The maximum atomic E-state index is 12.3. The van der Waals surface area contributed by atoms with Crippen LogP contribution in [0.5, 0.6) is 0 Å². The van der Waals surface area contributed by atoms with E-state index in [1.54, 1.807) is 0 Å². The number of aromatic nitrogens is 3. The standard InChI is InChI=1S/C16H13N3O2S/c20-13(9-14(21)16-17-10-18-19-16)15-12(6-7-22-15)8-11-4-2-1-3-5-11/h1-7,9-10,21H,8H2,(H,17,18,19). The first-order chi connectivity index (χ1) is 10.7. The molecule has 22 heavy (non-hydrogen) atoms. The van der Waals surface area contributed by atoms with Gasteiger partial charge >= 0.3 is 0 Å². The summed E-state index contributed by atoms with van der Waals surface area (Å²) in [6.45, 7) is 0. The number of rotatable bonds is 5. The Bertz CT molecular complexity index is 792. The molecule has 3 aromatic rings. The van der Waals surface area contributed by atoms with Gasteiger partial charge < -0.3 is 5.11 Å². The van der Waals surface area contributed by atoms with Gasteiger partial charge in [0.25, 0.3) is 0 Å². The van der Waals surface area contributed by atoms with Crippen LogP contribution in [-0.4, -0.2) is 26.1 Å². The number of ketones is 1. The minimum absolute atomic E-state index is 0.175. The average molecular weight is 311 g/mol. The smallest absolute Gasteiger partial charge is 0.199 e. The van der Waals surface area contributed by atoms with Crippen LogP contribution in [0.4, 0.5) is 0 Å². The topological polar surface area (TPSA) is 78.9 Å². The van der Waals surface area contributed by atoms with Crippen molar-refractivity contribution in [1.29, 1.82) is 0 Å². The molecule has 0 aliphatic carbocycles. The second-order valence-electron chi connectivity index (χ2n) is 4.67. The molecule has 5 nitrogen and oxygen atoms in total. The number of hydrogen-bond acceptors (Lipinski definition) is 5. The van der Waals surface area contributed by atoms with Gasteiger partial charge in [0, 0.05) is 6.08 Å². The summed E-state index contributed by atoms with van der Waals surface area (Å²) in [6.07, 6.45) is 3.12. The normalized spacial score (nSPS) is 11.5. The third-order valence-corrected chi connectivity index (χ3v) is 4.10. The van der Waals surface area contributed by atoms with Crippen LogP contribution in [0, 0.1) is 0 Å². The Hall–Kier alpha value is -2.73. The number of hydrogen-bond donors (Lipinski definition) is 2. The van der Waals surface area contributed by atoms with E-state index >= 15 is 0 Å². The van der Waals surface area contributed by atoms with E-state index < -0.39 is 0 Å². The minimum Gasteiger partial charge on any atom is -0.504 e. The molecule has 0 saturated heterocycles. The molecule has 0 bridgehead atoms.